The van der Waals surface area contributed by atoms with E-state index >= 15 is 0 Å². The van der Waals surface area contributed by atoms with Gasteiger partial charge in [0.1, 0.15) is 36.9 Å². The number of benzene rings is 2. The first kappa shape index (κ1) is 31.3. The molecule has 212 valence electrons. The van der Waals surface area contributed by atoms with Crippen LogP contribution in [0.4, 0.5) is 18.9 Å². The lowest BCUT2D eigenvalue weighted by Gasteiger charge is -2.13. The summed E-state index contributed by atoms with van der Waals surface area (Å²) in [5, 5.41) is 11.0. The Kier molecular flexibility index (Phi) is 11.5. The quantitative estimate of drug-likeness (QED) is 0.0799. The number of hydrogen-bond acceptors (Lipinski definition) is 10. The van der Waals surface area contributed by atoms with Crippen LogP contribution in [0, 0.1) is 16.0 Å². The van der Waals surface area contributed by atoms with Crippen LogP contribution >= 0.6 is 11.6 Å². The molecule has 0 amide bonds. The van der Waals surface area contributed by atoms with Gasteiger partial charge in [-0.15, -0.1) is 0 Å². The van der Waals surface area contributed by atoms with E-state index in [2.05, 4.69) is 0 Å². The van der Waals surface area contributed by atoms with Crippen LogP contribution in [-0.2, 0) is 34.7 Å². The zero-order chi connectivity index (χ0) is 29.2. The number of alkyl halides is 3. The molecule has 1 unspecified atom stereocenters. The lowest BCUT2D eigenvalue weighted by molar-refractivity contribution is -0.385. The van der Waals surface area contributed by atoms with Crippen LogP contribution in [0.3, 0.4) is 0 Å². The van der Waals surface area contributed by atoms with E-state index in [1.54, 1.807) is 6.92 Å². The lowest BCUT2D eigenvalue weighted by atomic mass is 10.1. The molecule has 0 heterocycles. The maximum Gasteiger partial charge on any atom is 0.416 e. The van der Waals surface area contributed by atoms with Gasteiger partial charge in [-0.25, -0.2) is 4.79 Å². The Labute approximate surface area is 224 Å². The van der Waals surface area contributed by atoms with Gasteiger partial charge in [-0.05, 0) is 38.1 Å². The summed E-state index contributed by atoms with van der Waals surface area (Å²) in [5.41, 5.74) is -2.20. The van der Waals surface area contributed by atoms with Crippen molar-refractivity contribution in [1.82, 2.24) is 0 Å². The predicted molar refractivity (Wildman–Crippen MR) is 127 cm³/mol. The first-order valence-electron chi connectivity index (χ1n) is 11.3. The Bertz CT molecular complexity index is 1210. The Morgan fingerprint density at radius 3 is 2.15 bits per heavy atom. The molecule has 0 bridgehead atoms. The van der Waals surface area contributed by atoms with Gasteiger partial charge in [-0.1, -0.05) is 11.6 Å². The van der Waals surface area contributed by atoms with E-state index in [0.29, 0.717) is 12.7 Å². The predicted octanol–water partition coefficient (Wildman–Crippen LogP) is 4.98. The summed E-state index contributed by atoms with van der Waals surface area (Å²) >= 11 is 5.86. The molecule has 0 radical (unpaired) electrons. The van der Waals surface area contributed by atoms with Crippen LogP contribution in [-0.4, -0.2) is 55.9 Å². The number of hydrogen-bond donors (Lipinski definition) is 0. The summed E-state index contributed by atoms with van der Waals surface area (Å²) in [6, 6.07) is 5.31. The number of carbonyl (C=O) groups excluding carboxylic acids is 3. The Morgan fingerprint density at radius 1 is 0.974 bits per heavy atom. The second-order valence-electron chi connectivity index (χ2n) is 7.57. The molecule has 0 aliphatic heterocycles. The molecule has 0 saturated carbocycles. The number of esters is 3. The summed E-state index contributed by atoms with van der Waals surface area (Å²) in [5.74, 6) is -4.56. The molecule has 2 aromatic carbocycles. The smallest absolute Gasteiger partial charge is 0.416 e. The first-order valence-corrected chi connectivity index (χ1v) is 11.6. The van der Waals surface area contributed by atoms with Crippen molar-refractivity contribution in [3.05, 3.63) is 62.7 Å². The highest BCUT2D eigenvalue weighted by Gasteiger charge is 2.31. The van der Waals surface area contributed by atoms with E-state index in [9.17, 15) is 37.7 Å². The first-order chi connectivity index (χ1) is 18.3. The van der Waals surface area contributed by atoms with Gasteiger partial charge in [0, 0.05) is 18.7 Å². The van der Waals surface area contributed by atoms with Crippen molar-refractivity contribution in [3.8, 4) is 11.5 Å². The average molecular weight is 578 g/mol. The molecule has 0 N–H and O–H groups in total. The van der Waals surface area contributed by atoms with Crippen LogP contribution in [0.2, 0.25) is 5.02 Å². The summed E-state index contributed by atoms with van der Waals surface area (Å²) in [6.45, 7) is 2.59. The van der Waals surface area contributed by atoms with Gasteiger partial charge in [-0.2, -0.15) is 13.2 Å². The minimum Gasteiger partial charge on any atom is -0.463 e. The zero-order valence-corrected chi connectivity index (χ0v) is 21.4. The zero-order valence-electron chi connectivity index (χ0n) is 20.6. The molecular weight excluding hydrogens is 555 g/mol. The van der Waals surface area contributed by atoms with Gasteiger partial charge >= 0.3 is 24.1 Å². The highest BCUT2D eigenvalue weighted by Crippen LogP contribution is 2.37. The molecule has 2 rings (SSSR count). The van der Waals surface area contributed by atoms with E-state index in [4.69, 9.17) is 35.3 Å². The number of nitro groups is 1. The summed E-state index contributed by atoms with van der Waals surface area (Å²) in [7, 11) is 0. The summed E-state index contributed by atoms with van der Waals surface area (Å²) < 4.78 is 63.6. The molecule has 0 aliphatic carbocycles. The SMILES string of the molecule is CCOCCOC(=O)C(C)C(=O)OCCOC(=O)c1cc(Oc2ccc(C(F)(F)F)cc2Cl)ccc1[N+](=O)[O-]. The van der Waals surface area contributed by atoms with Crippen LogP contribution < -0.4 is 4.74 Å². The monoisotopic (exact) mass is 577 g/mol. The molecule has 2 aromatic rings. The summed E-state index contributed by atoms with van der Waals surface area (Å²) in [6.07, 6.45) is -4.63. The molecule has 0 spiro atoms. The van der Waals surface area contributed by atoms with Gasteiger partial charge < -0.3 is 23.7 Å². The topological polar surface area (TPSA) is 140 Å². The van der Waals surface area contributed by atoms with Crippen LogP contribution in [0.1, 0.15) is 29.8 Å². The van der Waals surface area contributed by atoms with Gasteiger partial charge in [0.15, 0.2) is 5.92 Å². The number of carbonyl (C=O) groups is 3. The maximum absolute atomic E-state index is 12.8. The third kappa shape index (κ3) is 9.41. The van der Waals surface area contributed by atoms with E-state index in [1.807, 2.05) is 0 Å². The Morgan fingerprint density at radius 2 is 1.59 bits per heavy atom. The fraction of sp³-hybridized carbons (Fsp3) is 0.375. The Hall–Kier alpha value is -3.91. The molecule has 1 atom stereocenters. The highest BCUT2D eigenvalue weighted by molar-refractivity contribution is 6.32. The van der Waals surface area contributed by atoms with Crippen molar-refractivity contribution in [2.24, 2.45) is 5.92 Å². The number of ether oxygens (including phenoxy) is 5. The number of halogens is 4. The number of nitrogens with zero attached hydrogens (tertiary/aromatic N) is 1. The molecule has 0 aliphatic rings. The highest BCUT2D eigenvalue weighted by atomic mass is 35.5. The fourth-order valence-corrected chi connectivity index (χ4v) is 3.05. The second kappa shape index (κ2) is 14.3. The van der Waals surface area contributed by atoms with Crippen molar-refractivity contribution >= 4 is 35.2 Å². The third-order valence-corrected chi connectivity index (χ3v) is 5.11. The fourth-order valence-electron chi connectivity index (χ4n) is 2.83. The molecule has 0 aromatic heterocycles. The molecule has 15 heteroatoms. The van der Waals surface area contributed by atoms with Gasteiger partial charge in [0.25, 0.3) is 5.69 Å². The van der Waals surface area contributed by atoms with Crippen molar-refractivity contribution in [3.63, 3.8) is 0 Å². The van der Waals surface area contributed by atoms with Crippen LogP contribution in [0.25, 0.3) is 0 Å². The minimum absolute atomic E-state index is 0.0471. The molecular formula is C24H23ClF3NO10. The van der Waals surface area contributed by atoms with Crippen molar-refractivity contribution in [2.45, 2.75) is 20.0 Å². The van der Waals surface area contributed by atoms with Crippen molar-refractivity contribution in [2.75, 3.05) is 33.0 Å². The van der Waals surface area contributed by atoms with Crippen molar-refractivity contribution < 1.29 is 56.2 Å². The van der Waals surface area contributed by atoms with E-state index in [-0.39, 0.29) is 29.7 Å². The van der Waals surface area contributed by atoms with E-state index in [0.717, 1.165) is 30.3 Å². The normalized spacial score (nSPS) is 11.8. The second-order valence-corrected chi connectivity index (χ2v) is 7.98. The lowest BCUT2D eigenvalue weighted by Crippen LogP contribution is -2.27. The molecule has 0 fully saturated rings. The van der Waals surface area contributed by atoms with Crippen molar-refractivity contribution in [1.29, 1.82) is 0 Å². The van der Waals surface area contributed by atoms with Gasteiger partial charge in [0.05, 0.1) is 22.1 Å². The van der Waals surface area contributed by atoms with E-state index in [1.165, 1.54) is 6.92 Å². The summed E-state index contributed by atoms with van der Waals surface area (Å²) in [4.78, 5) is 46.8. The number of rotatable bonds is 13. The molecule has 0 saturated heterocycles. The Balaban J connectivity index is 2.00. The van der Waals surface area contributed by atoms with E-state index < -0.39 is 65.0 Å². The van der Waals surface area contributed by atoms with Crippen LogP contribution in [0.5, 0.6) is 11.5 Å². The third-order valence-electron chi connectivity index (χ3n) is 4.82. The number of nitro benzene ring substituents is 1. The molecule has 11 nitrogen and oxygen atoms in total. The van der Waals surface area contributed by atoms with Gasteiger partial charge in [0.2, 0.25) is 0 Å². The maximum atomic E-state index is 12.8. The van der Waals surface area contributed by atoms with Crippen LogP contribution in [0.15, 0.2) is 36.4 Å². The average Bonchev–Trinajstić information content (AvgIpc) is 2.88. The molecule has 39 heavy (non-hydrogen) atoms. The van der Waals surface area contributed by atoms with Gasteiger partial charge in [-0.3, -0.25) is 19.7 Å². The largest absolute Gasteiger partial charge is 0.463 e. The standard InChI is InChI=1S/C24H23ClF3NO10/c1-3-35-8-9-36-21(30)14(2)22(31)37-10-11-38-23(32)17-13-16(5-6-19(17)29(33)34)39-20-7-4-15(12-18(20)25)24(26,27)28/h4-7,12-14H,3,8-11H2,1-2H3. The minimum atomic E-state index is -4.63.